The lowest BCUT2D eigenvalue weighted by molar-refractivity contribution is -0.148. The van der Waals surface area contributed by atoms with Crippen LogP contribution in [0.5, 0.6) is 0 Å². The normalized spacial score (nSPS) is 19.8. The van der Waals surface area contributed by atoms with E-state index in [1.165, 1.54) is 4.90 Å². The Balaban J connectivity index is 2.67. The van der Waals surface area contributed by atoms with Crippen LogP contribution in [0.15, 0.2) is 0 Å². The van der Waals surface area contributed by atoms with Crippen molar-refractivity contribution in [2.45, 2.75) is 32.7 Å². The number of carbonyl (C=O) groups is 2. The van der Waals surface area contributed by atoms with Crippen molar-refractivity contribution in [2.24, 2.45) is 0 Å². The van der Waals surface area contributed by atoms with Crippen LogP contribution in [0, 0.1) is 0 Å². The number of sulfone groups is 1. The summed E-state index contributed by atoms with van der Waals surface area (Å²) in [6.07, 6.45) is 0.558. The van der Waals surface area contributed by atoms with Crippen molar-refractivity contribution in [2.75, 3.05) is 24.6 Å². The van der Waals surface area contributed by atoms with Crippen LogP contribution in [-0.4, -0.2) is 55.3 Å². The van der Waals surface area contributed by atoms with E-state index >= 15 is 0 Å². The number of piperazine rings is 1. The highest BCUT2D eigenvalue weighted by atomic mass is 32.2. The van der Waals surface area contributed by atoms with Crippen LogP contribution in [0.25, 0.3) is 0 Å². The van der Waals surface area contributed by atoms with Gasteiger partial charge in [-0.05, 0) is 20.3 Å². The molecule has 6 nitrogen and oxygen atoms in total. The van der Waals surface area contributed by atoms with Crippen LogP contribution >= 0.6 is 0 Å². The molecule has 1 N–H and O–H groups in total. The molecule has 0 unspecified atom stereocenters. The molecule has 1 fully saturated rings. The van der Waals surface area contributed by atoms with Gasteiger partial charge in [0, 0.05) is 12.3 Å². The molecule has 18 heavy (non-hydrogen) atoms. The minimum Gasteiger partial charge on any atom is -0.341 e. The summed E-state index contributed by atoms with van der Waals surface area (Å²) < 4.78 is 23.2. The quantitative estimate of drug-likeness (QED) is 0.737. The molecule has 1 aliphatic heterocycles. The molecular formula is C11H20N2O4S. The average Bonchev–Trinajstić information content (AvgIpc) is 2.20. The Morgan fingerprint density at radius 2 is 1.89 bits per heavy atom. The molecule has 0 spiro atoms. The Bertz CT molecular complexity index is 442. The van der Waals surface area contributed by atoms with E-state index in [1.807, 2.05) is 0 Å². The highest BCUT2D eigenvalue weighted by Gasteiger charge is 2.39. The molecule has 1 heterocycles. The third kappa shape index (κ3) is 3.69. The average molecular weight is 276 g/mol. The molecule has 0 aromatic heterocycles. The molecule has 0 radical (unpaired) electrons. The second-order valence-electron chi connectivity index (χ2n) is 5.05. The summed E-state index contributed by atoms with van der Waals surface area (Å²) in [5.41, 5.74) is -0.955. The Labute approximate surface area is 108 Å². The first kappa shape index (κ1) is 14.9. The van der Waals surface area contributed by atoms with Crippen LogP contribution in [0.4, 0.5) is 0 Å². The van der Waals surface area contributed by atoms with Crippen molar-refractivity contribution in [3.63, 3.8) is 0 Å². The van der Waals surface area contributed by atoms with Crippen molar-refractivity contribution in [3.05, 3.63) is 0 Å². The molecule has 0 aliphatic carbocycles. The van der Waals surface area contributed by atoms with E-state index in [9.17, 15) is 18.0 Å². The molecule has 1 saturated heterocycles. The number of carbonyl (C=O) groups excluding carboxylic acids is 2. The lowest BCUT2D eigenvalue weighted by Crippen LogP contribution is -2.64. The summed E-state index contributed by atoms with van der Waals surface area (Å²) in [5.74, 6) is -0.470. The van der Waals surface area contributed by atoms with Gasteiger partial charge >= 0.3 is 0 Å². The van der Waals surface area contributed by atoms with E-state index < -0.39 is 15.4 Å². The third-order valence-electron chi connectivity index (χ3n) is 2.80. The fraction of sp³-hybridized carbons (Fsp3) is 0.818. The van der Waals surface area contributed by atoms with Crippen molar-refractivity contribution < 1.29 is 18.0 Å². The fourth-order valence-electron chi connectivity index (χ4n) is 1.92. The maximum Gasteiger partial charge on any atom is 0.248 e. The minimum atomic E-state index is -3.13. The van der Waals surface area contributed by atoms with E-state index in [0.29, 0.717) is 6.42 Å². The van der Waals surface area contributed by atoms with Gasteiger partial charge in [0.2, 0.25) is 11.8 Å². The third-order valence-corrected chi connectivity index (χ3v) is 4.63. The monoisotopic (exact) mass is 276 g/mol. The van der Waals surface area contributed by atoms with Gasteiger partial charge < -0.3 is 10.2 Å². The smallest absolute Gasteiger partial charge is 0.248 e. The molecule has 0 bridgehead atoms. The van der Waals surface area contributed by atoms with Gasteiger partial charge in [0.1, 0.15) is 5.54 Å². The first-order valence-electron chi connectivity index (χ1n) is 5.99. The van der Waals surface area contributed by atoms with Gasteiger partial charge in [-0.3, -0.25) is 9.59 Å². The standard InChI is InChI=1S/C11H20N2O4S/c1-4-6-18(16,17)7-5-13-8-9(14)12-11(2,3)10(13)15/h4-8H2,1-3H3,(H,12,14). The lowest BCUT2D eigenvalue weighted by Gasteiger charge is -2.37. The second kappa shape index (κ2) is 5.26. The summed E-state index contributed by atoms with van der Waals surface area (Å²) in [7, 11) is -3.13. The summed E-state index contributed by atoms with van der Waals surface area (Å²) in [4.78, 5) is 24.7. The van der Waals surface area contributed by atoms with Gasteiger partial charge in [-0.15, -0.1) is 0 Å². The molecule has 0 saturated carbocycles. The van der Waals surface area contributed by atoms with Crippen LogP contribution in [-0.2, 0) is 19.4 Å². The summed E-state index contributed by atoms with van der Waals surface area (Å²) in [6, 6.07) is 0. The largest absolute Gasteiger partial charge is 0.341 e. The number of nitrogens with zero attached hydrogens (tertiary/aromatic N) is 1. The zero-order valence-electron chi connectivity index (χ0n) is 11.0. The minimum absolute atomic E-state index is 0.0656. The van der Waals surface area contributed by atoms with E-state index in [2.05, 4.69) is 5.32 Å². The van der Waals surface area contributed by atoms with Gasteiger partial charge in [-0.1, -0.05) is 6.92 Å². The zero-order valence-corrected chi connectivity index (χ0v) is 11.8. The number of amides is 2. The molecular weight excluding hydrogens is 256 g/mol. The predicted octanol–water partition coefficient (Wildman–Crippen LogP) is -0.452. The Kier molecular flexibility index (Phi) is 4.37. The Morgan fingerprint density at radius 3 is 2.44 bits per heavy atom. The van der Waals surface area contributed by atoms with Crippen LogP contribution in [0.1, 0.15) is 27.2 Å². The van der Waals surface area contributed by atoms with Gasteiger partial charge in [-0.2, -0.15) is 0 Å². The summed E-state index contributed by atoms with van der Waals surface area (Å²) in [5, 5.41) is 2.58. The molecule has 0 aromatic rings. The molecule has 104 valence electrons. The zero-order chi connectivity index (χ0) is 14.0. The van der Waals surface area contributed by atoms with E-state index in [1.54, 1.807) is 20.8 Å². The number of rotatable bonds is 5. The highest BCUT2D eigenvalue weighted by molar-refractivity contribution is 7.91. The maximum absolute atomic E-state index is 12.0. The Morgan fingerprint density at radius 1 is 1.28 bits per heavy atom. The van der Waals surface area contributed by atoms with Crippen LogP contribution in [0.2, 0.25) is 0 Å². The number of hydrogen-bond acceptors (Lipinski definition) is 4. The van der Waals surface area contributed by atoms with Crippen molar-refractivity contribution in [1.82, 2.24) is 10.2 Å². The van der Waals surface area contributed by atoms with Gasteiger partial charge in [0.05, 0.1) is 12.3 Å². The van der Waals surface area contributed by atoms with E-state index in [0.717, 1.165) is 0 Å². The molecule has 1 aliphatic rings. The predicted molar refractivity (Wildman–Crippen MR) is 67.7 cm³/mol. The van der Waals surface area contributed by atoms with Crippen molar-refractivity contribution >= 4 is 21.7 Å². The number of nitrogens with one attached hydrogen (secondary N) is 1. The lowest BCUT2D eigenvalue weighted by atomic mass is 10.0. The number of hydrogen-bond donors (Lipinski definition) is 1. The van der Waals surface area contributed by atoms with Crippen LogP contribution in [0.3, 0.4) is 0 Å². The Hall–Kier alpha value is -1.11. The molecule has 7 heteroatoms. The fourth-order valence-corrected chi connectivity index (χ4v) is 3.25. The van der Waals surface area contributed by atoms with E-state index in [-0.39, 0.29) is 36.4 Å². The van der Waals surface area contributed by atoms with Gasteiger partial charge in [0.15, 0.2) is 9.84 Å². The molecule has 0 atom stereocenters. The second-order valence-corrected chi connectivity index (χ2v) is 7.36. The molecule has 2 amide bonds. The first-order valence-corrected chi connectivity index (χ1v) is 7.81. The maximum atomic E-state index is 12.0. The molecule has 1 rings (SSSR count). The summed E-state index contributed by atoms with van der Waals surface area (Å²) in [6.45, 7) is 5.03. The molecule has 0 aromatic carbocycles. The SMILES string of the molecule is CCCS(=O)(=O)CCN1CC(=O)NC(C)(C)C1=O. The van der Waals surface area contributed by atoms with E-state index in [4.69, 9.17) is 0 Å². The topological polar surface area (TPSA) is 83.6 Å². The van der Waals surface area contributed by atoms with Crippen molar-refractivity contribution in [3.8, 4) is 0 Å². The van der Waals surface area contributed by atoms with Crippen LogP contribution < -0.4 is 5.32 Å². The highest BCUT2D eigenvalue weighted by Crippen LogP contribution is 2.13. The first-order chi connectivity index (χ1) is 8.18. The van der Waals surface area contributed by atoms with Crippen molar-refractivity contribution in [1.29, 1.82) is 0 Å². The van der Waals surface area contributed by atoms with Gasteiger partial charge in [-0.25, -0.2) is 8.42 Å². The van der Waals surface area contributed by atoms with Gasteiger partial charge in [0.25, 0.3) is 0 Å². The summed E-state index contributed by atoms with van der Waals surface area (Å²) >= 11 is 0.